The summed E-state index contributed by atoms with van der Waals surface area (Å²) in [5.74, 6) is 0.286. The van der Waals surface area contributed by atoms with Gasteiger partial charge in [0.2, 0.25) is 5.91 Å². The van der Waals surface area contributed by atoms with Crippen molar-refractivity contribution < 1.29 is 9.90 Å². The predicted octanol–water partition coefficient (Wildman–Crippen LogP) is 2.83. The molecule has 1 atom stereocenters. The van der Waals surface area contributed by atoms with Gasteiger partial charge in [0.1, 0.15) is 5.75 Å². The summed E-state index contributed by atoms with van der Waals surface area (Å²) in [6, 6.07) is 5.00. The number of phenolic OH excluding ortho intramolecular Hbond substituents is 1. The number of carbonyl (C=O) groups is 1. The zero-order valence-electron chi connectivity index (χ0n) is 13.4. The first kappa shape index (κ1) is 15.8. The van der Waals surface area contributed by atoms with Gasteiger partial charge in [0.15, 0.2) is 0 Å². The van der Waals surface area contributed by atoms with Crippen LogP contribution in [0.1, 0.15) is 39.2 Å². The van der Waals surface area contributed by atoms with Gasteiger partial charge in [0, 0.05) is 12.6 Å². The zero-order chi connectivity index (χ0) is 15.6. The molecule has 0 radical (unpaired) electrons. The molecule has 1 unspecified atom stereocenters. The van der Waals surface area contributed by atoms with Crippen molar-refractivity contribution in [2.45, 2.75) is 46.6 Å². The molecule has 4 heteroatoms. The fraction of sp³-hybridized carbons (Fsp3) is 0.588. The molecular formula is C17H26N2O2. The van der Waals surface area contributed by atoms with Crippen molar-refractivity contribution in [1.29, 1.82) is 0 Å². The fourth-order valence-corrected chi connectivity index (χ4v) is 3.12. The van der Waals surface area contributed by atoms with Gasteiger partial charge in [-0.05, 0) is 50.3 Å². The number of nitrogens with zero attached hydrogens (tertiary/aromatic N) is 1. The largest absolute Gasteiger partial charge is 0.508 e. The van der Waals surface area contributed by atoms with Gasteiger partial charge in [-0.3, -0.25) is 4.79 Å². The van der Waals surface area contributed by atoms with Gasteiger partial charge in [0.05, 0.1) is 11.7 Å². The van der Waals surface area contributed by atoms with Crippen LogP contribution in [0.5, 0.6) is 5.75 Å². The van der Waals surface area contributed by atoms with Crippen LogP contribution in [0.3, 0.4) is 0 Å². The standard InChI is InChI=1S/C17H26N2O2/c1-5-19(14-11-13(20)8-7-12(14)2)16(21)15-17(3,4)9-6-10-18-15/h7-8,11,15,18,20H,5-6,9-10H2,1-4H3. The van der Waals surface area contributed by atoms with Crippen LogP contribution in [0.2, 0.25) is 0 Å². The van der Waals surface area contributed by atoms with Crippen LogP contribution in [0, 0.1) is 12.3 Å². The van der Waals surface area contributed by atoms with Gasteiger partial charge in [-0.2, -0.15) is 0 Å². The molecule has 21 heavy (non-hydrogen) atoms. The third kappa shape index (κ3) is 3.21. The number of hydrogen-bond acceptors (Lipinski definition) is 3. The number of aryl methyl sites for hydroxylation is 1. The van der Waals surface area contributed by atoms with Crippen LogP contribution < -0.4 is 10.2 Å². The van der Waals surface area contributed by atoms with E-state index in [9.17, 15) is 9.90 Å². The van der Waals surface area contributed by atoms with E-state index in [-0.39, 0.29) is 23.1 Å². The molecule has 0 aromatic heterocycles. The molecule has 2 N–H and O–H groups in total. The Morgan fingerprint density at radius 3 is 2.81 bits per heavy atom. The molecule has 1 aliphatic heterocycles. The summed E-state index contributed by atoms with van der Waals surface area (Å²) in [5, 5.41) is 13.1. The van der Waals surface area contributed by atoms with Crippen molar-refractivity contribution in [1.82, 2.24) is 5.32 Å². The van der Waals surface area contributed by atoms with Gasteiger partial charge >= 0.3 is 0 Å². The second kappa shape index (κ2) is 6.06. The molecule has 0 spiro atoms. The van der Waals surface area contributed by atoms with Crippen LogP contribution in [0.4, 0.5) is 5.69 Å². The number of rotatable bonds is 3. The molecule has 1 amide bonds. The van der Waals surface area contributed by atoms with E-state index in [1.54, 1.807) is 17.0 Å². The highest BCUT2D eigenvalue weighted by atomic mass is 16.3. The first-order chi connectivity index (χ1) is 9.86. The van der Waals surface area contributed by atoms with E-state index in [1.165, 1.54) is 0 Å². The lowest BCUT2D eigenvalue weighted by Gasteiger charge is -2.40. The summed E-state index contributed by atoms with van der Waals surface area (Å²) >= 11 is 0. The van der Waals surface area contributed by atoms with Crippen LogP contribution in [0.15, 0.2) is 18.2 Å². The van der Waals surface area contributed by atoms with Crippen molar-refractivity contribution in [2.75, 3.05) is 18.0 Å². The molecule has 0 aliphatic carbocycles. The zero-order valence-corrected chi connectivity index (χ0v) is 13.4. The molecule has 1 fully saturated rings. The van der Waals surface area contributed by atoms with Gasteiger partial charge in [-0.15, -0.1) is 0 Å². The maximum Gasteiger partial charge on any atom is 0.244 e. The van der Waals surface area contributed by atoms with Crippen LogP contribution in [-0.2, 0) is 4.79 Å². The number of phenols is 1. The monoisotopic (exact) mass is 290 g/mol. The molecule has 0 saturated carbocycles. The van der Waals surface area contributed by atoms with Crippen molar-refractivity contribution in [3.05, 3.63) is 23.8 Å². The van der Waals surface area contributed by atoms with Gasteiger partial charge < -0.3 is 15.3 Å². The Bertz CT molecular complexity index is 526. The van der Waals surface area contributed by atoms with E-state index in [0.29, 0.717) is 6.54 Å². The lowest BCUT2D eigenvalue weighted by Crippen LogP contribution is -2.56. The molecule has 2 rings (SSSR count). The number of nitrogens with one attached hydrogen (secondary N) is 1. The predicted molar refractivity (Wildman–Crippen MR) is 85.7 cm³/mol. The normalized spacial score (nSPS) is 21.0. The third-order valence-corrected chi connectivity index (χ3v) is 4.44. The Hall–Kier alpha value is -1.55. The van der Waals surface area contributed by atoms with E-state index >= 15 is 0 Å². The quantitative estimate of drug-likeness (QED) is 0.900. The average Bonchev–Trinajstić information content (AvgIpc) is 2.42. The minimum Gasteiger partial charge on any atom is -0.508 e. The Kier molecular flexibility index (Phi) is 4.57. The topological polar surface area (TPSA) is 52.6 Å². The second-order valence-electron chi connectivity index (χ2n) is 6.53. The summed E-state index contributed by atoms with van der Waals surface area (Å²) in [5.41, 5.74) is 1.75. The van der Waals surface area contributed by atoms with Crippen LogP contribution in [0.25, 0.3) is 0 Å². The summed E-state index contributed by atoms with van der Waals surface area (Å²) < 4.78 is 0. The van der Waals surface area contributed by atoms with Crippen LogP contribution in [-0.4, -0.2) is 30.1 Å². The minimum absolute atomic E-state index is 0.0481. The number of benzene rings is 1. The Balaban J connectivity index is 2.32. The molecule has 1 saturated heterocycles. The molecule has 1 aliphatic rings. The Morgan fingerprint density at radius 2 is 2.19 bits per heavy atom. The molecule has 1 heterocycles. The molecule has 1 aromatic rings. The third-order valence-electron chi connectivity index (χ3n) is 4.44. The number of anilines is 1. The lowest BCUT2D eigenvalue weighted by atomic mass is 9.77. The highest BCUT2D eigenvalue weighted by Crippen LogP contribution is 2.33. The number of carbonyl (C=O) groups excluding carboxylic acids is 1. The average molecular weight is 290 g/mol. The van der Waals surface area contributed by atoms with Gasteiger partial charge in [0.25, 0.3) is 0 Å². The number of hydrogen-bond donors (Lipinski definition) is 2. The molecule has 116 valence electrons. The number of piperidine rings is 1. The highest BCUT2D eigenvalue weighted by Gasteiger charge is 2.39. The summed E-state index contributed by atoms with van der Waals surface area (Å²) in [7, 11) is 0. The first-order valence-electron chi connectivity index (χ1n) is 7.71. The first-order valence-corrected chi connectivity index (χ1v) is 7.71. The highest BCUT2D eigenvalue weighted by molar-refractivity contribution is 5.98. The number of amides is 1. The maximum atomic E-state index is 13.0. The number of likely N-dealkylation sites (N-methyl/N-ethyl adjacent to an activating group) is 1. The summed E-state index contributed by atoms with van der Waals surface area (Å²) in [4.78, 5) is 14.8. The Morgan fingerprint density at radius 1 is 1.48 bits per heavy atom. The van der Waals surface area contributed by atoms with E-state index in [1.807, 2.05) is 19.9 Å². The van der Waals surface area contributed by atoms with Crippen molar-refractivity contribution >= 4 is 11.6 Å². The lowest BCUT2D eigenvalue weighted by molar-refractivity contribution is -0.124. The number of aromatic hydroxyl groups is 1. The molecule has 4 nitrogen and oxygen atoms in total. The Labute approximate surface area is 127 Å². The van der Waals surface area contributed by atoms with Crippen molar-refractivity contribution in [3.8, 4) is 5.75 Å². The molecular weight excluding hydrogens is 264 g/mol. The van der Waals surface area contributed by atoms with E-state index in [0.717, 1.165) is 30.6 Å². The van der Waals surface area contributed by atoms with Crippen molar-refractivity contribution in [2.24, 2.45) is 5.41 Å². The fourth-order valence-electron chi connectivity index (χ4n) is 3.12. The molecule has 0 bridgehead atoms. The SMILES string of the molecule is CCN(C(=O)C1NCCCC1(C)C)c1cc(O)ccc1C. The summed E-state index contributed by atoms with van der Waals surface area (Å²) in [6.07, 6.45) is 2.15. The van der Waals surface area contributed by atoms with E-state index in [4.69, 9.17) is 0 Å². The van der Waals surface area contributed by atoms with Gasteiger partial charge in [-0.1, -0.05) is 19.9 Å². The van der Waals surface area contributed by atoms with Crippen LogP contribution >= 0.6 is 0 Å². The smallest absolute Gasteiger partial charge is 0.244 e. The minimum atomic E-state index is -0.173. The molecule has 1 aromatic carbocycles. The van der Waals surface area contributed by atoms with Gasteiger partial charge in [-0.25, -0.2) is 0 Å². The van der Waals surface area contributed by atoms with E-state index < -0.39 is 0 Å². The van der Waals surface area contributed by atoms with E-state index in [2.05, 4.69) is 19.2 Å². The maximum absolute atomic E-state index is 13.0. The second-order valence-corrected chi connectivity index (χ2v) is 6.53. The van der Waals surface area contributed by atoms with Crippen molar-refractivity contribution in [3.63, 3.8) is 0 Å². The summed E-state index contributed by atoms with van der Waals surface area (Å²) in [6.45, 7) is 9.70.